The molecular formula is C8H7ClF3N3OS. The van der Waals surface area contributed by atoms with E-state index < -0.39 is 11.4 Å². The number of halogens is 4. The van der Waals surface area contributed by atoms with Gasteiger partial charge in [0.15, 0.2) is 0 Å². The number of thioether (sulfide) groups is 1. The highest BCUT2D eigenvalue weighted by molar-refractivity contribution is 8.00. The molecule has 1 aromatic heterocycles. The molecule has 17 heavy (non-hydrogen) atoms. The molecule has 4 nitrogen and oxygen atoms in total. The third-order valence-corrected chi connectivity index (χ3v) is 2.44. The number of nitrogens with one attached hydrogen (secondary N) is 1. The Balaban J connectivity index is 2.33. The molecule has 9 heteroatoms. The minimum Gasteiger partial charge on any atom is -0.350 e. The van der Waals surface area contributed by atoms with Crippen LogP contribution in [0.4, 0.5) is 13.2 Å². The lowest BCUT2D eigenvalue weighted by Gasteiger charge is -2.06. The van der Waals surface area contributed by atoms with Crippen LogP contribution in [0.15, 0.2) is 12.4 Å². The van der Waals surface area contributed by atoms with Crippen LogP contribution >= 0.6 is 23.4 Å². The highest BCUT2D eigenvalue weighted by Crippen LogP contribution is 2.29. The molecule has 0 atom stereocenters. The van der Waals surface area contributed by atoms with Gasteiger partial charge in [0.25, 0.3) is 5.91 Å². The van der Waals surface area contributed by atoms with Gasteiger partial charge in [-0.1, -0.05) is 11.6 Å². The van der Waals surface area contributed by atoms with E-state index in [0.717, 1.165) is 6.20 Å². The smallest absolute Gasteiger partial charge is 0.350 e. The van der Waals surface area contributed by atoms with Gasteiger partial charge in [-0.2, -0.15) is 13.2 Å². The second-order valence-corrected chi connectivity index (χ2v) is 4.32. The lowest BCUT2D eigenvalue weighted by atomic mass is 10.4. The molecule has 1 rings (SSSR count). The number of hydrogen-bond acceptors (Lipinski definition) is 4. The summed E-state index contributed by atoms with van der Waals surface area (Å²) in [6.45, 7) is -0.104. The first kappa shape index (κ1) is 14.0. The molecule has 0 aromatic carbocycles. The molecule has 0 bridgehead atoms. The van der Waals surface area contributed by atoms with Crippen LogP contribution in [0.1, 0.15) is 10.5 Å². The van der Waals surface area contributed by atoms with Crippen molar-refractivity contribution in [2.45, 2.75) is 5.51 Å². The van der Waals surface area contributed by atoms with Gasteiger partial charge in [-0.25, -0.2) is 9.97 Å². The van der Waals surface area contributed by atoms with E-state index in [0.29, 0.717) is 0 Å². The topological polar surface area (TPSA) is 54.9 Å². The molecule has 1 heterocycles. The van der Waals surface area contributed by atoms with Crippen molar-refractivity contribution in [3.05, 3.63) is 23.2 Å². The molecule has 0 aliphatic carbocycles. The predicted octanol–water partition coefficient (Wildman–Crippen LogP) is 2.11. The molecule has 0 aliphatic heterocycles. The standard InChI is InChI=1S/C8H7ClF3N3OS/c9-6-4-14-5(3-15-6)7(16)13-1-2-17-8(10,11)12/h3-4H,1-2H2,(H,13,16). The second-order valence-electron chi connectivity index (χ2n) is 2.77. The average molecular weight is 286 g/mol. The van der Waals surface area contributed by atoms with Gasteiger partial charge < -0.3 is 5.32 Å². The van der Waals surface area contributed by atoms with Gasteiger partial charge in [-0.05, 0) is 11.8 Å². The average Bonchev–Trinajstić information content (AvgIpc) is 2.24. The van der Waals surface area contributed by atoms with Crippen molar-refractivity contribution >= 4 is 29.3 Å². The Hall–Kier alpha value is -1.02. The summed E-state index contributed by atoms with van der Waals surface area (Å²) >= 11 is 5.26. The lowest BCUT2D eigenvalue weighted by molar-refractivity contribution is -0.0327. The zero-order valence-corrected chi connectivity index (χ0v) is 9.86. The van der Waals surface area contributed by atoms with Gasteiger partial charge in [0.1, 0.15) is 10.8 Å². The van der Waals surface area contributed by atoms with E-state index in [-0.39, 0.29) is 34.9 Å². The van der Waals surface area contributed by atoms with Gasteiger partial charge >= 0.3 is 5.51 Å². The minimum atomic E-state index is -4.29. The molecule has 0 radical (unpaired) electrons. The molecule has 0 unspecified atom stereocenters. The first-order valence-corrected chi connectivity index (χ1v) is 5.71. The van der Waals surface area contributed by atoms with Crippen molar-refractivity contribution < 1.29 is 18.0 Å². The number of alkyl halides is 3. The fraction of sp³-hybridized carbons (Fsp3) is 0.375. The van der Waals surface area contributed by atoms with E-state index in [2.05, 4.69) is 15.3 Å². The Morgan fingerprint density at radius 3 is 2.65 bits per heavy atom. The molecule has 0 saturated carbocycles. The first-order valence-electron chi connectivity index (χ1n) is 4.35. The third-order valence-electron chi connectivity index (χ3n) is 1.51. The van der Waals surface area contributed by atoms with Crippen molar-refractivity contribution in [2.24, 2.45) is 0 Å². The molecule has 0 fully saturated rings. The van der Waals surface area contributed by atoms with Crippen molar-refractivity contribution in [2.75, 3.05) is 12.3 Å². The summed E-state index contributed by atoms with van der Waals surface area (Å²) < 4.78 is 35.3. The normalized spacial score (nSPS) is 11.3. The van der Waals surface area contributed by atoms with Gasteiger partial charge in [0.2, 0.25) is 0 Å². The summed E-state index contributed by atoms with van der Waals surface area (Å²) in [5.74, 6) is -0.840. The van der Waals surface area contributed by atoms with Crippen molar-refractivity contribution in [1.29, 1.82) is 0 Å². The molecule has 1 amide bonds. The molecule has 0 spiro atoms. The summed E-state index contributed by atoms with van der Waals surface area (Å²) in [5, 5.41) is 2.42. The van der Waals surface area contributed by atoms with Crippen molar-refractivity contribution in [3.63, 3.8) is 0 Å². The predicted molar refractivity (Wildman–Crippen MR) is 57.9 cm³/mol. The third kappa shape index (κ3) is 5.73. The maximum atomic E-state index is 11.8. The Labute approximate surface area is 104 Å². The number of hydrogen-bond donors (Lipinski definition) is 1. The molecule has 94 valence electrons. The zero-order chi connectivity index (χ0) is 12.9. The highest BCUT2D eigenvalue weighted by atomic mass is 35.5. The Morgan fingerprint density at radius 1 is 1.41 bits per heavy atom. The maximum absolute atomic E-state index is 11.8. The first-order chi connectivity index (χ1) is 7.88. The molecule has 0 aliphatic rings. The minimum absolute atomic E-state index is 0.00593. The van der Waals surface area contributed by atoms with Gasteiger partial charge in [-0.15, -0.1) is 0 Å². The van der Waals surface area contributed by atoms with Crippen LogP contribution in [0, 0.1) is 0 Å². The monoisotopic (exact) mass is 285 g/mol. The maximum Gasteiger partial charge on any atom is 0.441 e. The fourth-order valence-electron chi connectivity index (χ4n) is 0.851. The number of aromatic nitrogens is 2. The fourth-order valence-corrected chi connectivity index (χ4v) is 1.38. The number of rotatable bonds is 4. The lowest BCUT2D eigenvalue weighted by Crippen LogP contribution is -2.27. The molecule has 1 N–H and O–H groups in total. The second kappa shape index (κ2) is 6.06. The Bertz CT molecular complexity index is 385. The number of carbonyl (C=O) groups is 1. The number of carbonyl (C=O) groups excluding carboxylic acids is 1. The summed E-state index contributed by atoms with van der Waals surface area (Å²) in [4.78, 5) is 18.6. The highest BCUT2D eigenvalue weighted by Gasteiger charge is 2.27. The van der Waals surface area contributed by atoms with Crippen LogP contribution in [-0.2, 0) is 0 Å². The van der Waals surface area contributed by atoms with Crippen LogP contribution in [0.5, 0.6) is 0 Å². The van der Waals surface area contributed by atoms with E-state index in [1.807, 2.05) is 0 Å². The Morgan fingerprint density at radius 2 is 2.12 bits per heavy atom. The quantitative estimate of drug-likeness (QED) is 0.861. The summed E-state index contributed by atoms with van der Waals surface area (Å²) in [5.41, 5.74) is -4.28. The SMILES string of the molecule is O=C(NCCSC(F)(F)F)c1cnc(Cl)cn1. The van der Waals surface area contributed by atoms with E-state index in [9.17, 15) is 18.0 Å². The van der Waals surface area contributed by atoms with Crippen LogP contribution in [-0.4, -0.2) is 33.7 Å². The number of amides is 1. The molecular weight excluding hydrogens is 279 g/mol. The summed E-state index contributed by atoms with van der Waals surface area (Å²) in [7, 11) is 0. The largest absolute Gasteiger partial charge is 0.441 e. The van der Waals surface area contributed by atoms with E-state index >= 15 is 0 Å². The summed E-state index contributed by atoms with van der Waals surface area (Å²) in [6.07, 6.45) is 2.33. The van der Waals surface area contributed by atoms with Crippen molar-refractivity contribution in [3.8, 4) is 0 Å². The Kier molecular flexibility index (Phi) is 5.01. The molecule has 1 aromatic rings. The van der Waals surface area contributed by atoms with Crippen LogP contribution in [0.2, 0.25) is 5.15 Å². The van der Waals surface area contributed by atoms with Crippen LogP contribution in [0.3, 0.4) is 0 Å². The van der Waals surface area contributed by atoms with Gasteiger partial charge in [-0.3, -0.25) is 4.79 Å². The van der Waals surface area contributed by atoms with Crippen LogP contribution < -0.4 is 5.32 Å². The summed E-state index contributed by atoms with van der Waals surface area (Å²) in [6, 6.07) is 0. The molecule has 0 saturated heterocycles. The van der Waals surface area contributed by atoms with Crippen LogP contribution in [0.25, 0.3) is 0 Å². The zero-order valence-electron chi connectivity index (χ0n) is 8.29. The van der Waals surface area contributed by atoms with E-state index in [4.69, 9.17) is 11.6 Å². The number of nitrogens with zero attached hydrogens (tertiary/aromatic N) is 2. The van der Waals surface area contributed by atoms with E-state index in [1.165, 1.54) is 6.20 Å². The van der Waals surface area contributed by atoms with Gasteiger partial charge in [0, 0.05) is 12.3 Å². The van der Waals surface area contributed by atoms with Gasteiger partial charge in [0.05, 0.1) is 12.4 Å². The van der Waals surface area contributed by atoms with Crippen molar-refractivity contribution in [1.82, 2.24) is 15.3 Å². The van der Waals surface area contributed by atoms with E-state index in [1.54, 1.807) is 0 Å².